The lowest BCUT2D eigenvalue weighted by Gasteiger charge is -2.25. The van der Waals surface area contributed by atoms with Crippen LogP contribution < -0.4 is 5.56 Å². The molecule has 1 fully saturated rings. The number of hydrogen-bond donors (Lipinski definition) is 0. The highest BCUT2D eigenvalue weighted by Crippen LogP contribution is 2.19. The molecule has 2 aromatic heterocycles. The predicted octanol–water partition coefficient (Wildman–Crippen LogP) is 1.28. The molecule has 1 atom stereocenters. The number of aromatic nitrogens is 4. The van der Waals surface area contributed by atoms with Crippen LogP contribution in [0.4, 0.5) is 0 Å². The minimum Gasteiger partial charge on any atom is -0.336 e. The smallest absolute Gasteiger partial charge is 0.258 e. The van der Waals surface area contributed by atoms with E-state index < -0.39 is 0 Å². The van der Waals surface area contributed by atoms with Gasteiger partial charge >= 0.3 is 0 Å². The van der Waals surface area contributed by atoms with Crippen LogP contribution in [0.15, 0.2) is 53.7 Å². The van der Waals surface area contributed by atoms with E-state index in [-0.39, 0.29) is 24.1 Å². The molecule has 1 aliphatic heterocycles. The quantitative estimate of drug-likeness (QED) is 0.719. The molecule has 4 rings (SSSR count). The van der Waals surface area contributed by atoms with Crippen molar-refractivity contribution in [2.75, 3.05) is 6.54 Å². The third-order valence-electron chi connectivity index (χ3n) is 4.76. The molecule has 0 radical (unpaired) electrons. The number of rotatable bonds is 4. The number of carbonyl (C=O) groups excluding carboxylic acids is 1. The molecule has 128 valence electrons. The average molecular weight is 337 g/mol. The number of carbonyl (C=O) groups is 1. The van der Waals surface area contributed by atoms with E-state index >= 15 is 0 Å². The number of amides is 1. The van der Waals surface area contributed by atoms with E-state index in [9.17, 15) is 9.59 Å². The molecule has 0 saturated carbocycles. The van der Waals surface area contributed by atoms with Gasteiger partial charge in [0, 0.05) is 24.3 Å². The van der Waals surface area contributed by atoms with E-state index in [1.54, 1.807) is 29.3 Å². The monoisotopic (exact) mass is 337 g/mol. The number of pyridine rings is 1. The van der Waals surface area contributed by atoms with Gasteiger partial charge in [-0.3, -0.25) is 14.3 Å². The van der Waals surface area contributed by atoms with Gasteiger partial charge < -0.3 is 9.47 Å². The number of benzene rings is 1. The van der Waals surface area contributed by atoms with Crippen LogP contribution in [0.2, 0.25) is 0 Å². The van der Waals surface area contributed by atoms with Crippen LogP contribution in [0.3, 0.4) is 0 Å². The van der Waals surface area contributed by atoms with Gasteiger partial charge in [0.2, 0.25) is 5.91 Å². The molecule has 1 aromatic carbocycles. The highest BCUT2D eigenvalue weighted by atomic mass is 16.2. The van der Waals surface area contributed by atoms with Crippen LogP contribution in [-0.4, -0.2) is 43.0 Å². The fourth-order valence-electron chi connectivity index (χ4n) is 3.49. The minimum atomic E-state index is -0.126. The van der Waals surface area contributed by atoms with Crippen molar-refractivity contribution >= 4 is 16.7 Å². The molecule has 0 aliphatic carbocycles. The summed E-state index contributed by atoms with van der Waals surface area (Å²) in [6, 6.07) is 9.41. The van der Waals surface area contributed by atoms with Gasteiger partial charge in [0.05, 0.1) is 18.8 Å². The van der Waals surface area contributed by atoms with Crippen molar-refractivity contribution in [1.29, 1.82) is 0 Å². The van der Waals surface area contributed by atoms with Crippen molar-refractivity contribution in [3.8, 4) is 0 Å². The highest BCUT2D eigenvalue weighted by molar-refractivity contribution is 5.82. The van der Waals surface area contributed by atoms with Gasteiger partial charge in [-0.1, -0.05) is 23.4 Å². The maximum atomic E-state index is 12.8. The van der Waals surface area contributed by atoms with E-state index in [1.807, 2.05) is 29.2 Å². The topological polar surface area (TPSA) is 73.0 Å². The van der Waals surface area contributed by atoms with E-state index in [1.165, 1.54) is 4.57 Å². The Bertz CT molecular complexity index is 948. The molecule has 1 saturated heterocycles. The first-order valence-corrected chi connectivity index (χ1v) is 8.44. The fraction of sp³-hybridized carbons (Fsp3) is 0.333. The molecule has 0 bridgehead atoms. The van der Waals surface area contributed by atoms with E-state index in [4.69, 9.17) is 0 Å². The Morgan fingerprint density at radius 2 is 2.08 bits per heavy atom. The molecule has 1 aliphatic rings. The zero-order valence-corrected chi connectivity index (χ0v) is 13.8. The maximum absolute atomic E-state index is 12.8. The number of likely N-dealkylation sites (tertiary alicyclic amines) is 1. The Morgan fingerprint density at radius 1 is 1.20 bits per heavy atom. The summed E-state index contributed by atoms with van der Waals surface area (Å²) >= 11 is 0. The zero-order valence-electron chi connectivity index (χ0n) is 13.8. The summed E-state index contributed by atoms with van der Waals surface area (Å²) in [5.74, 6) is -0.0278. The maximum Gasteiger partial charge on any atom is 0.258 e. The Balaban J connectivity index is 1.53. The van der Waals surface area contributed by atoms with Crippen LogP contribution >= 0.6 is 0 Å². The van der Waals surface area contributed by atoms with Crippen molar-refractivity contribution in [2.45, 2.75) is 32.0 Å². The summed E-state index contributed by atoms with van der Waals surface area (Å²) in [5.41, 5.74) is -0.126. The lowest BCUT2D eigenvalue weighted by atomic mass is 10.2. The largest absolute Gasteiger partial charge is 0.336 e. The Labute approximate surface area is 144 Å². The molecule has 1 amide bonds. The number of hydrogen-bond acceptors (Lipinski definition) is 4. The summed E-state index contributed by atoms with van der Waals surface area (Å²) in [7, 11) is 0. The van der Waals surface area contributed by atoms with Gasteiger partial charge in [-0.25, -0.2) is 0 Å². The second-order valence-corrected chi connectivity index (χ2v) is 6.34. The molecule has 3 aromatic rings. The van der Waals surface area contributed by atoms with Crippen molar-refractivity contribution in [3.63, 3.8) is 0 Å². The van der Waals surface area contributed by atoms with Crippen LogP contribution in [0.5, 0.6) is 0 Å². The number of nitrogens with zero attached hydrogens (tertiary/aromatic N) is 5. The molecule has 3 heterocycles. The summed E-state index contributed by atoms with van der Waals surface area (Å²) in [5, 5.41) is 9.31. The van der Waals surface area contributed by atoms with Gasteiger partial charge in [-0.2, -0.15) is 0 Å². The Hall–Kier alpha value is -2.96. The first-order valence-electron chi connectivity index (χ1n) is 8.44. The summed E-state index contributed by atoms with van der Waals surface area (Å²) in [6.45, 7) is 1.43. The lowest BCUT2D eigenvalue weighted by molar-refractivity contribution is -0.132. The zero-order chi connectivity index (χ0) is 17.2. The second-order valence-electron chi connectivity index (χ2n) is 6.34. The Morgan fingerprint density at radius 3 is 2.92 bits per heavy atom. The van der Waals surface area contributed by atoms with E-state index in [0.29, 0.717) is 11.9 Å². The molecular weight excluding hydrogens is 318 g/mol. The number of fused-ring (bicyclic) bond motifs is 1. The third-order valence-corrected chi connectivity index (χ3v) is 4.76. The first-order chi connectivity index (χ1) is 12.2. The third kappa shape index (κ3) is 3.05. The van der Waals surface area contributed by atoms with Gasteiger partial charge in [0.25, 0.3) is 5.56 Å². The summed E-state index contributed by atoms with van der Waals surface area (Å²) < 4.78 is 3.24. The molecule has 7 nitrogen and oxygen atoms in total. The molecule has 0 spiro atoms. The summed E-state index contributed by atoms with van der Waals surface area (Å²) in [4.78, 5) is 27.2. The SMILES string of the molecule is O=C(Cn1ccc2ccccc2c1=O)N1CCC[C@H]1Cn1ccnn1. The predicted molar refractivity (Wildman–Crippen MR) is 93.0 cm³/mol. The van der Waals surface area contributed by atoms with Crippen LogP contribution in [0, 0.1) is 0 Å². The molecule has 0 unspecified atom stereocenters. The van der Waals surface area contributed by atoms with Gasteiger partial charge in [-0.15, -0.1) is 5.10 Å². The minimum absolute atomic E-state index is 0.0278. The van der Waals surface area contributed by atoms with E-state index in [0.717, 1.165) is 24.8 Å². The normalized spacial score (nSPS) is 17.3. The van der Waals surface area contributed by atoms with Crippen molar-refractivity contribution in [2.24, 2.45) is 0 Å². The van der Waals surface area contributed by atoms with Crippen molar-refractivity contribution in [1.82, 2.24) is 24.5 Å². The average Bonchev–Trinajstić information content (AvgIpc) is 3.30. The van der Waals surface area contributed by atoms with Crippen LogP contribution in [-0.2, 0) is 17.9 Å². The van der Waals surface area contributed by atoms with Gasteiger partial charge in [0.1, 0.15) is 6.54 Å². The van der Waals surface area contributed by atoms with Crippen LogP contribution in [0.1, 0.15) is 12.8 Å². The van der Waals surface area contributed by atoms with Crippen molar-refractivity contribution < 1.29 is 4.79 Å². The molecule has 0 N–H and O–H groups in total. The molecule has 7 heteroatoms. The van der Waals surface area contributed by atoms with Crippen molar-refractivity contribution in [3.05, 3.63) is 59.3 Å². The highest BCUT2D eigenvalue weighted by Gasteiger charge is 2.29. The van der Waals surface area contributed by atoms with Gasteiger partial charge in [-0.05, 0) is 30.4 Å². The van der Waals surface area contributed by atoms with E-state index in [2.05, 4.69) is 10.3 Å². The first kappa shape index (κ1) is 15.6. The Kier molecular flexibility index (Phi) is 4.05. The summed E-state index contributed by atoms with van der Waals surface area (Å²) in [6.07, 6.45) is 7.05. The van der Waals surface area contributed by atoms with Crippen LogP contribution in [0.25, 0.3) is 10.8 Å². The molecular formula is C18H19N5O2. The lowest BCUT2D eigenvalue weighted by Crippen LogP contribution is -2.41. The second kappa shape index (κ2) is 6.51. The standard InChI is InChI=1S/C18H19N5O2/c24-17(23-9-3-5-15(23)12-22-11-8-19-20-22)13-21-10-7-14-4-1-2-6-16(14)18(21)25/h1-2,4,6-8,10-11,15H,3,5,9,12-13H2/t15-/m0/s1. The van der Waals surface area contributed by atoms with Gasteiger partial charge in [0.15, 0.2) is 0 Å². The molecule has 25 heavy (non-hydrogen) atoms. The fourth-order valence-corrected chi connectivity index (χ4v) is 3.49.